The molecule has 2 rings (SSSR count). The summed E-state index contributed by atoms with van der Waals surface area (Å²) in [5.74, 6) is 0.566. The molecular weight excluding hydrogens is 322 g/mol. The lowest BCUT2D eigenvalue weighted by atomic mass is 10.1. The molecule has 128 valence electrons. The van der Waals surface area contributed by atoms with Crippen LogP contribution in [0.25, 0.3) is 0 Å². The molecule has 0 unspecified atom stereocenters. The van der Waals surface area contributed by atoms with Gasteiger partial charge in [0, 0.05) is 38.8 Å². The molecule has 0 saturated carbocycles. The molecule has 1 amide bonds. The second kappa shape index (κ2) is 9.93. The van der Waals surface area contributed by atoms with Crippen molar-refractivity contribution in [3.8, 4) is 0 Å². The second-order valence-corrected chi connectivity index (χ2v) is 6.53. The van der Waals surface area contributed by atoms with Crippen LogP contribution in [0.4, 0.5) is 0 Å². The fourth-order valence-electron chi connectivity index (χ4n) is 2.23. The smallest absolute Gasteiger partial charge is 0.220 e. The van der Waals surface area contributed by atoms with Gasteiger partial charge in [0.05, 0.1) is 5.75 Å². The van der Waals surface area contributed by atoms with Crippen LogP contribution < -0.4 is 5.32 Å². The number of hydrogen-bond donors (Lipinski definition) is 1. The van der Waals surface area contributed by atoms with Crippen LogP contribution in [0.1, 0.15) is 24.8 Å². The zero-order valence-electron chi connectivity index (χ0n) is 13.9. The summed E-state index contributed by atoms with van der Waals surface area (Å²) >= 11 is 1.43. The van der Waals surface area contributed by atoms with Crippen molar-refractivity contribution >= 4 is 23.5 Å². The zero-order valence-corrected chi connectivity index (χ0v) is 14.7. The summed E-state index contributed by atoms with van der Waals surface area (Å²) < 4.78 is 1.89. The van der Waals surface area contributed by atoms with Gasteiger partial charge in [-0.2, -0.15) is 0 Å². The fraction of sp³-hybridized carbons (Fsp3) is 0.389. The van der Waals surface area contributed by atoms with Gasteiger partial charge in [-0.25, -0.2) is 4.98 Å². The third kappa shape index (κ3) is 6.58. The number of thioether (sulfide) groups is 1. The Morgan fingerprint density at radius 2 is 2.00 bits per heavy atom. The molecule has 1 aromatic heterocycles. The molecule has 0 aliphatic heterocycles. The number of nitrogens with one attached hydrogen (secondary N) is 1. The molecule has 0 bridgehead atoms. The van der Waals surface area contributed by atoms with E-state index in [1.807, 2.05) is 48.1 Å². The van der Waals surface area contributed by atoms with Crippen molar-refractivity contribution in [2.24, 2.45) is 7.05 Å². The van der Waals surface area contributed by atoms with Gasteiger partial charge < -0.3 is 9.88 Å². The Labute approximate surface area is 146 Å². The van der Waals surface area contributed by atoms with E-state index in [9.17, 15) is 9.59 Å². The first-order valence-corrected chi connectivity index (χ1v) is 9.06. The monoisotopic (exact) mass is 345 g/mol. The Morgan fingerprint density at radius 1 is 1.21 bits per heavy atom. The summed E-state index contributed by atoms with van der Waals surface area (Å²) in [5, 5.41) is 3.73. The normalized spacial score (nSPS) is 10.5. The predicted octanol–water partition coefficient (Wildman–Crippen LogP) is 2.61. The lowest BCUT2D eigenvalue weighted by molar-refractivity contribution is -0.121. The third-order valence-electron chi connectivity index (χ3n) is 3.58. The molecule has 1 heterocycles. The van der Waals surface area contributed by atoms with Crippen molar-refractivity contribution < 1.29 is 9.59 Å². The highest BCUT2D eigenvalue weighted by Crippen LogP contribution is 2.15. The van der Waals surface area contributed by atoms with E-state index in [0.717, 1.165) is 11.6 Å². The number of imidazole rings is 1. The van der Waals surface area contributed by atoms with E-state index in [-0.39, 0.29) is 11.7 Å². The van der Waals surface area contributed by atoms with Gasteiger partial charge in [-0.15, -0.1) is 0 Å². The molecule has 0 fully saturated rings. The lowest BCUT2D eigenvalue weighted by Crippen LogP contribution is -2.25. The van der Waals surface area contributed by atoms with Crippen molar-refractivity contribution in [1.29, 1.82) is 0 Å². The molecule has 5 nitrogen and oxygen atoms in total. The van der Waals surface area contributed by atoms with Gasteiger partial charge in [-0.3, -0.25) is 9.59 Å². The van der Waals surface area contributed by atoms with Crippen LogP contribution in [0.2, 0.25) is 0 Å². The standard InChI is InChI=1S/C18H23N3O2S/c1-21-13-12-20-18(21)24-14-16(22)8-5-9-17(23)19-11-10-15-6-3-2-4-7-15/h2-4,6-7,12-13H,5,8-11,14H2,1H3,(H,19,23). The molecule has 24 heavy (non-hydrogen) atoms. The highest BCUT2D eigenvalue weighted by Gasteiger charge is 2.08. The van der Waals surface area contributed by atoms with E-state index < -0.39 is 0 Å². The number of Topliss-reactive ketones (excluding diaryl/α,β-unsaturated/α-hetero) is 1. The van der Waals surface area contributed by atoms with Crippen molar-refractivity contribution in [3.05, 3.63) is 48.3 Å². The van der Waals surface area contributed by atoms with Crippen LogP contribution in [0.3, 0.4) is 0 Å². The van der Waals surface area contributed by atoms with E-state index in [1.165, 1.54) is 17.3 Å². The van der Waals surface area contributed by atoms with E-state index in [2.05, 4.69) is 10.3 Å². The summed E-state index contributed by atoms with van der Waals surface area (Å²) in [7, 11) is 1.90. The molecule has 2 aromatic rings. The van der Waals surface area contributed by atoms with Crippen LogP contribution in [0.5, 0.6) is 0 Å². The van der Waals surface area contributed by atoms with E-state index in [0.29, 0.717) is 31.6 Å². The molecule has 6 heteroatoms. The maximum Gasteiger partial charge on any atom is 0.220 e. The first-order chi connectivity index (χ1) is 11.6. The Bertz CT molecular complexity index is 655. The van der Waals surface area contributed by atoms with Gasteiger partial charge in [0.15, 0.2) is 5.16 Å². The van der Waals surface area contributed by atoms with E-state index >= 15 is 0 Å². The average molecular weight is 345 g/mol. The lowest BCUT2D eigenvalue weighted by Gasteiger charge is -2.05. The summed E-state index contributed by atoms with van der Waals surface area (Å²) in [6.07, 6.45) is 5.82. The number of aryl methyl sites for hydroxylation is 1. The number of hydrogen-bond acceptors (Lipinski definition) is 4. The molecule has 0 aliphatic rings. The zero-order chi connectivity index (χ0) is 17.2. The second-order valence-electron chi connectivity index (χ2n) is 5.59. The molecule has 0 spiro atoms. The summed E-state index contributed by atoms with van der Waals surface area (Å²) in [5.41, 5.74) is 1.21. The first kappa shape index (κ1) is 18.3. The van der Waals surface area contributed by atoms with Crippen molar-refractivity contribution in [1.82, 2.24) is 14.9 Å². The fourth-order valence-corrected chi connectivity index (χ4v) is 3.07. The van der Waals surface area contributed by atoms with Gasteiger partial charge >= 0.3 is 0 Å². The molecule has 0 atom stereocenters. The van der Waals surface area contributed by atoms with Crippen LogP contribution in [-0.2, 0) is 23.1 Å². The summed E-state index contributed by atoms with van der Waals surface area (Å²) in [6, 6.07) is 10.1. The van der Waals surface area contributed by atoms with Gasteiger partial charge in [0.1, 0.15) is 5.78 Å². The number of aromatic nitrogens is 2. The van der Waals surface area contributed by atoms with E-state index in [4.69, 9.17) is 0 Å². The minimum absolute atomic E-state index is 0.00971. The minimum atomic E-state index is 0.00971. The van der Waals surface area contributed by atoms with Crippen LogP contribution in [0.15, 0.2) is 47.9 Å². The SMILES string of the molecule is Cn1ccnc1SCC(=O)CCCC(=O)NCCc1ccccc1. The van der Waals surface area contributed by atoms with Crippen molar-refractivity contribution in [2.75, 3.05) is 12.3 Å². The number of ketones is 1. The number of carbonyl (C=O) groups excluding carboxylic acids is 2. The molecule has 1 N–H and O–H groups in total. The van der Waals surface area contributed by atoms with Gasteiger partial charge in [0.25, 0.3) is 0 Å². The Balaban J connectivity index is 1.53. The van der Waals surface area contributed by atoms with Gasteiger partial charge in [-0.05, 0) is 18.4 Å². The number of carbonyl (C=O) groups is 2. The number of nitrogens with zero attached hydrogens (tertiary/aromatic N) is 2. The third-order valence-corrected chi connectivity index (χ3v) is 4.70. The summed E-state index contributed by atoms with van der Waals surface area (Å²) in [4.78, 5) is 27.8. The number of amides is 1. The molecule has 0 saturated heterocycles. The maximum atomic E-state index is 11.8. The molecule has 1 aromatic carbocycles. The number of rotatable bonds is 10. The van der Waals surface area contributed by atoms with Gasteiger partial charge in [-0.1, -0.05) is 42.1 Å². The van der Waals surface area contributed by atoms with Crippen LogP contribution in [0, 0.1) is 0 Å². The van der Waals surface area contributed by atoms with Gasteiger partial charge in [0.2, 0.25) is 5.91 Å². The molecule has 0 radical (unpaired) electrons. The molecular formula is C18H23N3O2S. The Morgan fingerprint density at radius 3 is 2.71 bits per heavy atom. The van der Waals surface area contributed by atoms with E-state index in [1.54, 1.807) is 6.20 Å². The van der Waals surface area contributed by atoms with Crippen LogP contribution >= 0.6 is 11.8 Å². The number of benzene rings is 1. The average Bonchev–Trinajstić information content (AvgIpc) is 2.99. The van der Waals surface area contributed by atoms with Crippen LogP contribution in [-0.4, -0.2) is 33.5 Å². The highest BCUT2D eigenvalue weighted by molar-refractivity contribution is 7.99. The minimum Gasteiger partial charge on any atom is -0.356 e. The maximum absolute atomic E-state index is 11.8. The van der Waals surface area contributed by atoms with Crippen molar-refractivity contribution in [2.45, 2.75) is 30.8 Å². The van der Waals surface area contributed by atoms with Crippen molar-refractivity contribution in [3.63, 3.8) is 0 Å². The molecule has 0 aliphatic carbocycles. The predicted molar refractivity (Wildman–Crippen MR) is 95.9 cm³/mol. The highest BCUT2D eigenvalue weighted by atomic mass is 32.2. The quantitative estimate of drug-likeness (QED) is 0.672. The Kier molecular flexibility index (Phi) is 7.55. The topological polar surface area (TPSA) is 64.0 Å². The first-order valence-electron chi connectivity index (χ1n) is 8.07. The Hall–Kier alpha value is -2.08. The largest absolute Gasteiger partial charge is 0.356 e. The summed E-state index contributed by atoms with van der Waals surface area (Å²) in [6.45, 7) is 0.631.